The van der Waals surface area contributed by atoms with E-state index in [2.05, 4.69) is 11.8 Å². The van der Waals surface area contributed by atoms with Crippen LogP contribution in [0, 0.1) is 11.8 Å². The lowest BCUT2D eigenvalue weighted by Gasteiger charge is -2.29. The summed E-state index contributed by atoms with van der Waals surface area (Å²) in [6.45, 7) is 2.77. The molecular formula is C11H17NO3. The third-order valence-corrected chi connectivity index (χ3v) is 2.49. The second-order valence-electron chi connectivity index (χ2n) is 3.47. The van der Waals surface area contributed by atoms with Gasteiger partial charge in [0.1, 0.15) is 12.2 Å². The molecule has 0 N–H and O–H groups in total. The molecule has 0 spiro atoms. The molecule has 0 aliphatic carbocycles. The fourth-order valence-electron chi connectivity index (χ4n) is 1.56. The van der Waals surface area contributed by atoms with Crippen LogP contribution in [0.4, 0.5) is 0 Å². The van der Waals surface area contributed by atoms with Crippen LogP contribution >= 0.6 is 0 Å². The highest BCUT2D eigenvalue weighted by atomic mass is 16.5. The molecule has 4 nitrogen and oxygen atoms in total. The van der Waals surface area contributed by atoms with E-state index in [1.807, 2.05) is 0 Å². The molecule has 84 valence electrons. The van der Waals surface area contributed by atoms with E-state index >= 15 is 0 Å². The van der Waals surface area contributed by atoms with E-state index in [4.69, 9.17) is 9.47 Å². The maximum absolute atomic E-state index is 11.3. The van der Waals surface area contributed by atoms with E-state index in [9.17, 15) is 4.79 Å². The third kappa shape index (κ3) is 3.22. The van der Waals surface area contributed by atoms with Gasteiger partial charge in [-0.15, -0.1) is 0 Å². The van der Waals surface area contributed by atoms with Gasteiger partial charge >= 0.3 is 0 Å². The Hall–Kier alpha value is -1.05. The highest BCUT2D eigenvalue weighted by molar-refractivity contribution is 5.73. The molecule has 2 atom stereocenters. The fraction of sp³-hybridized carbons (Fsp3) is 0.727. The van der Waals surface area contributed by atoms with Crippen molar-refractivity contribution in [1.82, 2.24) is 4.90 Å². The standard InChI is InChI=1S/C11H17NO3/c1-9(13)12-7-5-4-6-10(14-2)11(8-12)15-3/h10-11H,5,7-8H2,1-3H3/t10-,11-/m1/s1. The Bertz CT molecular complexity index is 279. The Morgan fingerprint density at radius 3 is 2.67 bits per heavy atom. The van der Waals surface area contributed by atoms with Crippen molar-refractivity contribution in [1.29, 1.82) is 0 Å². The van der Waals surface area contributed by atoms with Crippen LogP contribution in [0.3, 0.4) is 0 Å². The van der Waals surface area contributed by atoms with Crippen LogP contribution in [0.15, 0.2) is 0 Å². The van der Waals surface area contributed by atoms with Crippen molar-refractivity contribution >= 4 is 5.91 Å². The zero-order chi connectivity index (χ0) is 11.3. The first-order valence-corrected chi connectivity index (χ1v) is 4.98. The average Bonchev–Trinajstić information content (AvgIpc) is 2.17. The van der Waals surface area contributed by atoms with E-state index in [1.54, 1.807) is 26.0 Å². The van der Waals surface area contributed by atoms with Gasteiger partial charge in [0.2, 0.25) is 5.91 Å². The lowest BCUT2D eigenvalue weighted by molar-refractivity contribution is -0.131. The van der Waals surface area contributed by atoms with Crippen molar-refractivity contribution in [2.24, 2.45) is 0 Å². The van der Waals surface area contributed by atoms with Gasteiger partial charge in [0.15, 0.2) is 0 Å². The van der Waals surface area contributed by atoms with Crippen molar-refractivity contribution in [2.75, 3.05) is 27.3 Å². The van der Waals surface area contributed by atoms with Crippen LogP contribution in [0.5, 0.6) is 0 Å². The summed E-state index contributed by atoms with van der Waals surface area (Å²) < 4.78 is 10.5. The first-order valence-electron chi connectivity index (χ1n) is 4.98. The van der Waals surface area contributed by atoms with Crippen molar-refractivity contribution in [3.8, 4) is 11.8 Å². The molecule has 0 unspecified atom stereocenters. The van der Waals surface area contributed by atoms with Gasteiger partial charge in [-0.3, -0.25) is 4.79 Å². The van der Waals surface area contributed by atoms with Crippen LogP contribution in [0.25, 0.3) is 0 Å². The average molecular weight is 211 g/mol. The summed E-state index contributed by atoms with van der Waals surface area (Å²) in [4.78, 5) is 13.0. The minimum Gasteiger partial charge on any atom is -0.376 e. The molecule has 1 heterocycles. The van der Waals surface area contributed by atoms with Crippen LogP contribution < -0.4 is 0 Å². The molecule has 0 aromatic rings. The first-order chi connectivity index (χ1) is 7.19. The number of carbonyl (C=O) groups excluding carboxylic acids is 1. The Labute approximate surface area is 90.5 Å². The normalized spacial score (nSPS) is 26.2. The predicted octanol–water partition coefficient (Wildman–Crippen LogP) is 0.272. The molecule has 1 aliphatic rings. The molecule has 15 heavy (non-hydrogen) atoms. The molecule has 0 radical (unpaired) electrons. The molecular weight excluding hydrogens is 194 g/mol. The number of hydrogen-bond acceptors (Lipinski definition) is 3. The van der Waals surface area contributed by atoms with E-state index in [0.29, 0.717) is 19.5 Å². The number of rotatable bonds is 2. The number of ether oxygens (including phenoxy) is 2. The molecule has 0 saturated heterocycles. The van der Waals surface area contributed by atoms with Crippen molar-refractivity contribution in [3.05, 3.63) is 0 Å². The smallest absolute Gasteiger partial charge is 0.219 e. The summed E-state index contributed by atoms with van der Waals surface area (Å²) in [7, 11) is 3.21. The SMILES string of the molecule is CO[C@@H]1C#CCCN(C(C)=O)C[C@H]1OC. The van der Waals surface area contributed by atoms with Crippen LogP contribution in [-0.4, -0.2) is 50.3 Å². The quantitative estimate of drug-likeness (QED) is 0.615. The zero-order valence-corrected chi connectivity index (χ0v) is 9.45. The highest BCUT2D eigenvalue weighted by Gasteiger charge is 2.24. The molecule has 0 aromatic heterocycles. The highest BCUT2D eigenvalue weighted by Crippen LogP contribution is 2.08. The number of carbonyl (C=O) groups is 1. The van der Waals surface area contributed by atoms with Gasteiger partial charge in [0.25, 0.3) is 0 Å². The summed E-state index contributed by atoms with van der Waals surface area (Å²) >= 11 is 0. The number of amides is 1. The Balaban J connectivity index is 2.76. The Kier molecular flexibility index (Phi) is 4.60. The van der Waals surface area contributed by atoms with Crippen LogP contribution in [-0.2, 0) is 14.3 Å². The summed E-state index contributed by atoms with van der Waals surface area (Å²) in [5.74, 6) is 6.04. The minimum absolute atomic E-state index is 0.0515. The molecule has 1 rings (SSSR count). The van der Waals surface area contributed by atoms with Gasteiger partial charge < -0.3 is 14.4 Å². The van der Waals surface area contributed by atoms with Crippen molar-refractivity contribution in [2.45, 2.75) is 25.6 Å². The first kappa shape index (κ1) is 12.0. The van der Waals surface area contributed by atoms with Crippen LogP contribution in [0.2, 0.25) is 0 Å². The Morgan fingerprint density at radius 1 is 1.40 bits per heavy atom. The maximum atomic E-state index is 11.3. The molecule has 0 aromatic carbocycles. The summed E-state index contributed by atoms with van der Waals surface area (Å²) in [6, 6.07) is 0. The van der Waals surface area contributed by atoms with Crippen molar-refractivity contribution < 1.29 is 14.3 Å². The largest absolute Gasteiger partial charge is 0.376 e. The zero-order valence-electron chi connectivity index (χ0n) is 9.45. The maximum Gasteiger partial charge on any atom is 0.219 e. The third-order valence-electron chi connectivity index (χ3n) is 2.49. The molecule has 0 bridgehead atoms. The summed E-state index contributed by atoms with van der Waals surface area (Å²) in [5.41, 5.74) is 0. The number of hydrogen-bond donors (Lipinski definition) is 0. The number of nitrogens with zero attached hydrogens (tertiary/aromatic N) is 1. The number of methoxy groups -OCH3 is 2. The van der Waals surface area contributed by atoms with Gasteiger partial charge in [-0.2, -0.15) is 0 Å². The van der Waals surface area contributed by atoms with E-state index in [-0.39, 0.29) is 18.1 Å². The molecule has 0 fully saturated rings. The Morgan fingerprint density at radius 2 is 2.13 bits per heavy atom. The minimum atomic E-state index is -0.253. The fourth-order valence-corrected chi connectivity index (χ4v) is 1.56. The second-order valence-corrected chi connectivity index (χ2v) is 3.47. The van der Waals surface area contributed by atoms with Gasteiger partial charge in [-0.1, -0.05) is 11.8 Å². The van der Waals surface area contributed by atoms with E-state index in [1.165, 1.54) is 0 Å². The lowest BCUT2D eigenvalue weighted by atomic mass is 10.1. The van der Waals surface area contributed by atoms with Crippen molar-refractivity contribution in [3.63, 3.8) is 0 Å². The topological polar surface area (TPSA) is 38.8 Å². The van der Waals surface area contributed by atoms with Gasteiger partial charge in [0, 0.05) is 34.1 Å². The lowest BCUT2D eigenvalue weighted by Crippen LogP contribution is -2.44. The second kappa shape index (κ2) is 5.74. The molecule has 1 aliphatic heterocycles. The summed E-state index contributed by atoms with van der Waals surface area (Å²) in [6.07, 6.45) is 0.263. The van der Waals surface area contributed by atoms with Crippen LogP contribution in [0.1, 0.15) is 13.3 Å². The van der Waals surface area contributed by atoms with E-state index in [0.717, 1.165) is 0 Å². The summed E-state index contributed by atoms with van der Waals surface area (Å²) in [5, 5.41) is 0. The molecule has 4 heteroatoms. The molecule has 0 saturated carbocycles. The van der Waals surface area contributed by atoms with E-state index < -0.39 is 0 Å². The van der Waals surface area contributed by atoms with Gasteiger partial charge in [-0.25, -0.2) is 0 Å². The molecule has 1 amide bonds. The van der Waals surface area contributed by atoms with Gasteiger partial charge in [-0.05, 0) is 0 Å². The van der Waals surface area contributed by atoms with Gasteiger partial charge in [0.05, 0.1) is 6.54 Å². The predicted molar refractivity (Wildman–Crippen MR) is 56.2 cm³/mol. The monoisotopic (exact) mass is 211 g/mol.